The zero-order valence-corrected chi connectivity index (χ0v) is 17.4. The maximum atomic E-state index is 5.42. The van der Waals surface area contributed by atoms with E-state index >= 15 is 0 Å². The average Bonchev–Trinajstić information content (AvgIpc) is 3.44. The minimum absolute atomic E-state index is 0.333. The first-order valence-corrected chi connectivity index (χ1v) is 10.4. The zero-order chi connectivity index (χ0) is 17.0. The van der Waals surface area contributed by atoms with E-state index < -0.39 is 8.80 Å². The summed E-state index contributed by atoms with van der Waals surface area (Å²) >= 11 is 0. The predicted octanol–water partition coefficient (Wildman–Crippen LogP) is 1.02. The maximum Gasteiger partial charge on any atom is 0.500 e. The Kier molecular flexibility index (Phi) is 10.4. The van der Waals surface area contributed by atoms with Gasteiger partial charge in [0.15, 0.2) is 0 Å². The van der Waals surface area contributed by atoms with Crippen molar-refractivity contribution in [2.75, 3.05) is 41.2 Å². The summed E-state index contributed by atoms with van der Waals surface area (Å²) in [6.07, 6.45) is 1.22. The molecule has 23 heavy (non-hydrogen) atoms. The first-order chi connectivity index (χ1) is 11.2. The topological polar surface area (TPSA) is 58.7 Å². The summed E-state index contributed by atoms with van der Waals surface area (Å²) in [6, 6.07) is 10.6. The van der Waals surface area contributed by atoms with E-state index in [0.717, 1.165) is 35.3 Å². The molecular weight excluding hydrogens is 332 g/mol. The van der Waals surface area contributed by atoms with Crippen molar-refractivity contribution in [3.8, 4) is 5.75 Å². The third-order valence-corrected chi connectivity index (χ3v) is 6.69. The van der Waals surface area contributed by atoms with Crippen molar-refractivity contribution in [1.82, 2.24) is 0 Å². The highest BCUT2D eigenvalue weighted by molar-refractivity contribution is 6.60. The number of rotatable bonds is 10. The van der Waals surface area contributed by atoms with Gasteiger partial charge in [0.25, 0.3) is 0 Å². The van der Waals surface area contributed by atoms with Crippen molar-refractivity contribution in [2.45, 2.75) is 18.6 Å². The van der Waals surface area contributed by atoms with Gasteiger partial charge in [0.2, 0.25) is 10.5 Å². The molecule has 1 aromatic rings. The number of hydrogen-bond acceptors (Lipinski definition) is 6. The van der Waals surface area contributed by atoms with E-state index in [-0.39, 0.29) is 0 Å². The van der Waals surface area contributed by atoms with Crippen LogP contribution in [0.15, 0.2) is 30.3 Å². The lowest BCUT2D eigenvalue weighted by Gasteiger charge is -2.24. The number of ether oxygens (including phenoxy) is 2. The Hall–Kier alpha value is -0.746. The van der Waals surface area contributed by atoms with Crippen LogP contribution in [-0.2, 0) is 22.8 Å². The fourth-order valence-electron chi connectivity index (χ4n) is 1.88. The van der Waals surface area contributed by atoms with Crippen LogP contribution >= 0.6 is 0 Å². The molecule has 0 radical (unpaired) electrons. The van der Waals surface area contributed by atoms with Crippen molar-refractivity contribution in [1.29, 1.82) is 0 Å². The minimum Gasteiger partial charge on any atom is -0.553 e. The van der Waals surface area contributed by atoms with E-state index in [0.29, 0.717) is 19.3 Å². The quantitative estimate of drug-likeness (QED) is 0.353. The van der Waals surface area contributed by atoms with Crippen LogP contribution < -0.4 is 4.43 Å². The van der Waals surface area contributed by atoms with E-state index in [9.17, 15) is 0 Å². The molecule has 0 bridgehead atoms. The molecule has 0 saturated carbocycles. The lowest BCUT2D eigenvalue weighted by atomic mass is 10.3. The van der Waals surface area contributed by atoms with Gasteiger partial charge >= 0.3 is 8.80 Å². The van der Waals surface area contributed by atoms with Crippen LogP contribution in [0.2, 0.25) is 6.04 Å². The van der Waals surface area contributed by atoms with Gasteiger partial charge in [0.05, 0.1) is 13.2 Å². The number of hydrogen-bond donors (Lipinski definition) is 0. The summed E-state index contributed by atoms with van der Waals surface area (Å²) in [6.45, 7) is 2.24. The Morgan fingerprint density at radius 3 is 2.17 bits per heavy atom. The van der Waals surface area contributed by atoms with Crippen LogP contribution in [0.5, 0.6) is 5.75 Å². The summed E-state index contributed by atoms with van der Waals surface area (Å²) in [5.41, 5.74) is 0. The van der Waals surface area contributed by atoms with Crippen LogP contribution in [0.25, 0.3) is 0 Å². The molecular formula is C15H28O6Si2. The summed E-state index contributed by atoms with van der Waals surface area (Å²) in [5, 5.41) is 0. The van der Waals surface area contributed by atoms with Gasteiger partial charge in [-0.25, -0.2) is 0 Å². The third-order valence-electron chi connectivity index (χ3n) is 3.39. The van der Waals surface area contributed by atoms with E-state index in [1.54, 1.807) is 21.3 Å². The second-order valence-electron chi connectivity index (χ2n) is 4.95. The molecule has 1 unspecified atom stereocenters. The highest BCUT2D eigenvalue weighted by Gasteiger charge is 2.36. The van der Waals surface area contributed by atoms with Crippen molar-refractivity contribution in [3.05, 3.63) is 30.3 Å². The first-order valence-electron chi connectivity index (χ1n) is 7.63. The van der Waals surface area contributed by atoms with Gasteiger partial charge in [0.1, 0.15) is 11.9 Å². The average molecular weight is 361 g/mol. The molecule has 0 spiro atoms. The monoisotopic (exact) mass is 360 g/mol. The Morgan fingerprint density at radius 1 is 1.13 bits per heavy atom. The van der Waals surface area contributed by atoms with Gasteiger partial charge in [0, 0.05) is 34.0 Å². The molecule has 6 nitrogen and oxygen atoms in total. The van der Waals surface area contributed by atoms with Crippen molar-refractivity contribution >= 4 is 19.3 Å². The number of para-hydroxylation sites is 1. The van der Waals surface area contributed by atoms with Gasteiger partial charge in [-0.1, -0.05) is 18.2 Å². The second kappa shape index (κ2) is 11.7. The molecule has 0 amide bonds. The van der Waals surface area contributed by atoms with Crippen molar-refractivity contribution < 1.29 is 27.2 Å². The highest BCUT2D eigenvalue weighted by Crippen LogP contribution is 2.15. The molecule has 8 heteroatoms. The molecule has 1 aromatic carbocycles. The molecule has 1 aliphatic rings. The maximum absolute atomic E-state index is 5.42. The van der Waals surface area contributed by atoms with Crippen LogP contribution in [0, 0.1) is 0 Å². The van der Waals surface area contributed by atoms with Crippen LogP contribution in [0.1, 0.15) is 6.42 Å². The van der Waals surface area contributed by atoms with E-state index in [1.165, 1.54) is 0 Å². The van der Waals surface area contributed by atoms with E-state index in [4.69, 9.17) is 27.2 Å². The van der Waals surface area contributed by atoms with Crippen molar-refractivity contribution in [3.63, 3.8) is 0 Å². The number of epoxide rings is 1. The first kappa shape index (κ1) is 20.3. The predicted molar refractivity (Wildman–Crippen MR) is 93.8 cm³/mol. The fourth-order valence-corrected chi connectivity index (χ4v) is 3.84. The standard InChI is InChI=1S/C9H20O5Si.C6H8OSi/c1-10-15(11-2,12-3)6-4-5-13-7-9-8-14-9;8-7-6-4-2-1-3-5-6/h9H,4-8H2,1-3H3;1-5H,8H3. The normalized spacial score (nSPS) is 16.6. The summed E-state index contributed by atoms with van der Waals surface area (Å²) in [4.78, 5) is 0. The van der Waals surface area contributed by atoms with E-state index in [1.807, 2.05) is 30.3 Å². The smallest absolute Gasteiger partial charge is 0.500 e. The van der Waals surface area contributed by atoms with Gasteiger partial charge in [-0.05, 0) is 18.6 Å². The lowest BCUT2D eigenvalue weighted by Crippen LogP contribution is -2.42. The van der Waals surface area contributed by atoms with Crippen LogP contribution in [0.4, 0.5) is 0 Å². The molecule has 1 heterocycles. The molecule has 1 atom stereocenters. The molecule has 1 aliphatic heterocycles. The third kappa shape index (κ3) is 8.61. The second-order valence-corrected chi connectivity index (χ2v) is 8.45. The molecule has 1 fully saturated rings. The molecule has 2 rings (SSSR count). The summed E-state index contributed by atoms with van der Waals surface area (Å²) in [7, 11) is 3.26. The zero-order valence-electron chi connectivity index (χ0n) is 14.4. The fraction of sp³-hybridized carbons (Fsp3) is 0.600. The minimum atomic E-state index is -2.39. The Bertz CT molecular complexity index is 390. The van der Waals surface area contributed by atoms with Gasteiger partial charge in [-0.15, -0.1) is 0 Å². The highest BCUT2D eigenvalue weighted by atomic mass is 28.4. The largest absolute Gasteiger partial charge is 0.553 e. The Labute approximate surface area is 142 Å². The number of benzene rings is 1. The molecule has 132 valence electrons. The van der Waals surface area contributed by atoms with Crippen LogP contribution in [-0.4, -0.2) is 66.5 Å². The summed E-state index contributed by atoms with van der Waals surface area (Å²) in [5.74, 6) is 0.971. The Balaban J connectivity index is 0.000000277. The lowest BCUT2D eigenvalue weighted by molar-refractivity contribution is 0.100. The van der Waals surface area contributed by atoms with Crippen molar-refractivity contribution in [2.24, 2.45) is 0 Å². The van der Waals surface area contributed by atoms with E-state index in [2.05, 4.69) is 0 Å². The van der Waals surface area contributed by atoms with Gasteiger partial charge in [-0.2, -0.15) is 0 Å². The van der Waals surface area contributed by atoms with Gasteiger partial charge < -0.3 is 27.2 Å². The molecule has 0 aromatic heterocycles. The molecule has 0 N–H and O–H groups in total. The Morgan fingerprint density at radius 2 is 1.74 bits per heavy atom. The summed E-state index contributed by atoms with van der Waals surface area (Å²) < 4.78 is 31.4. The van der Waals surface area contributed by atoms with Crippen LogP contribution in [0.3, 0.4) is 0 Å². The SMILES string of the molecule is CO[Si](CCCOCC1CO1)(OC)OC.[SiH3]Oc1ccccc1. The molecule has 0 aliphatic carbocycles. The molecule has 1 saturated heterocycles. The van der Waals surface area contributed by atoms with Gasteiger partial charge in [-0.3, -0.25) is 0 Å².